The number of halogens is 2. The number of benzene rings is 2. The van der Waals surface area contributed by atoms with E-state index >= 15 is 0 Å². The molecule has 0 saturated carbocycles. The van der Waals surface area contributed by atoms with Gasteiger partial charge in [0.2, 0.25) is 10.0 Å². The van der Waals surface area contributed by atoms with E-state index in [0.29, 0.717) is 26.5 Å². The zero-order chi connectivity index (χ0) is 20.5. The van der Waals surface area contributed by atoms with Crippen molar-refractivity contribution in [2.45, 2.75) is 0 Å². The molecule has 10 heteroatoms. The Morgan fingerprint density at radius 1 is 1.21 bits per heavy atom. The van der Waals surface area contributed by atoms with Gasteiger partial charge in [0.15, 0.2) is 5.13 Å². The first-order chi connectivity index (χ1) is 13.1. The number of nitrogens with zero attached hydrogens (tertiary/aromatic N) is 2. The van der Waals surface area contributed by atoms with Crippen LogP contribution in [0.3, 0.4) is 0 Å². The third kappa shape index (κ3) is 4.57. The summed E-state index contributed by atoms with van der Waals surface area (Å²) in [7, 11) is -1.85. The van der Waals surface area contributed by atoms with Crippen LogP contribution in [0.2, 0.25) is 0 Å². The Morgan fingerprint density at radius 2 is 1.89 bits per heavy atom. The van der Waals surface area contributed by atoms with Crippen molar-refractivity contribution in [3.05, 3.63) is 63.7 Å². The SMILES string of the molecule is CN(c1ccc(-c2csc(NC(=O)c3ccc(F)cc3Br)n2)cc1)S(C)(=O)=O. The quantitative estimate of drug-likeness (QED) is 0.584. The van der Waals surface area contributed by atoms with Crippen molar-refractivity contribution in [1.82, 2.24) is 4.98 Å². The number of nitrogens with one attached hydrogen (secondary N) is 1. The van der Waals surface area contributed by atoms with E-state index in [1.165, 1.54) is 40.9 Å². The van der Waals surface area contributed by atoms with E-state index in [2.05, 4.69) is 26.2 Å². The van der Waals surface area contributed by atoms with Gasteiger partial charge in [-0.1, -0.05) is 12.1 Å². The van der Waals surface area contributed by atoms with Crippen molar-refractivity contribution in [3.8, 4) is 11.3 Å². The first-order valence-corrected chi connectivity index (χ1v) is 11.4. The van der Waals surface area contributed by atoms with Crippen molar-refractivity contribution < 1.29 is 17.6 Å². The van der Waals surface area contributed by atoms with E-state index in [1.54, 1.807) is 29.6 Å². The maximum atomic E-state index is 13.2. The molecule has 28 heavy (non-hydrogen) atoms. The molecule has 0 spiro atoms. The molecule has 0 atom stereocenters. The highest BCUT2D eigenvalue weighted by Crippen LogP contribution is 2.28. The van der Waals surface area contributed by atoms with E-state index in [1.807, 2.05) is 0 Å². The van der Waals surface area contributed by atoms with E-state index in [0.717, 1.165) is 11.8 Å². The van der Waals surface area contributed by atoms with Gasteiger partial charge in [-0.25, -0.2) is 17.8 Å². The summed E-state index contributed by atoms with van der Waals surface area (Å²) in [5.74, 6) is -0.845. The Hall–Kier alpha value is -2.30. The second kappa shape index (κ2) is 7.98. The summed E-state index contributed by atoms with van der Waals surface area (Å²) in [6.45, 7) is 0. The number of amides is 1. The molecular formula is C18H15BrFN3O3S2. The van der Waals surface area contributed by atoms with Crippen LogP contribution < -0.4 is 9.62 Å². The molecule has 2 aromatic carbocycles. The molecule has 3 rings (SSSR count). The van der Waals surface area contributed by atoms with Crippen LogP contribution in [-0.2, 0) is 10.0 Å². The number of carbonyl (C=O) groups is 1. The largest absolute Gasteiger partial charge is 0.298 e. The van der Waals surface area contributed by atoms with Crippen LogP contribution in [0.4, 0.5) is 15.2 Å². The molecule has 1 N–H and O–H groups in total. The average molecular weight is 484 g/mol. The van der Waals surface area contributed by atoms with Crippen molar-refractivity contribution >= 4 is 54.0 Å². The Bertz CT molecular complexity index is 1130. The number of carbonyl (C=O) groups excluding carboxylic acids is 1. The first-order valence-electron chi connectivity index (χ1n) is 7.91. The van der Waals surface area contributed by atoms with Gasteiger partial charge >= 0.3 is 0 Å². The molecule has 3 aromatic rings. The maximum absolute atomic E-state index is 13.2. The Balaban J connectivity index is 1.76. The van der Waals surface area contributed by atoms with Crippen LogP contribution >= 0.6 is 27.3 Å². The van der Waals surface area contributed by atoms with Gasteiger partial charge in [-0.05, 0) is 46.3 Å². The summed E-state index contributed by atoms with van der Waals surface area (Å²) in [6, 6.07) is 10.7. The van der Waals surface area contributed by atoms with Gasteiger partial charge in [-0.3, -0.25) is 14.4 Å². The second-order valence-corrected chi connectivity index (χ2v) is 9.62. The Labute approximate surface area is 174 Å². The smallest absolute Gasteiger partial charge is 0.258 e. The van der Waals surface area contributed by atoms with Gasteiger partial charge in [-0.2, -0.15) is 0 Å². The minimum atomic E-state index is -3.33. The monoisotopic (exact) mass is 483 g/mol. The molecule has 146 valence electrons. The number of thiazole rings is 1. The molecule has 1 heterocycles. The molecule has 0 aliphatic rings. The van der Waals surface area contributed by atoms with Crippen LogP contribution in [0, 0.1) is 5.82 Å². The molecule has 1 amide bonds. The van der Waals surface area contributed by atoms with Crippen LogP contribution in [-0.4, -0.2) is 32.6 Å². The number of hydrogen-bond acceptors (Lipinski definition) is 5. The van der Waals surface area contributed by atoms with Crippen molar-refractivity contribution in [2.24, 2.45) is 0 Å². The molecule has 0 aliphatic heterocycles. The van der Waals surface area contributed by atoms with Crippen molar-refractivity contribution in [3.63, 3.8) is 0 Å². The fraction of sp³-hybridized carbons (Fsp3) is 0.111. The van der Waals surface area contributed by atoms with E-state index in [-0.39, 0.29) is 0 Å². The lowest BCUT2D eigenvalue weighted by atomic mass is 10.1. The summed E-state index contributed by atoms with van der Waals surface area (Å²) >= 11 is 4.42. The summed E-state index contributed by atoms with van der Waals surface area (Å²) in [5.41, 5.74) is 2.26. The first kappa shape index (κ1) is 20.4. The number of aromatic nitrogens is 1. The average Bonchev–Trinajstić information content (AvgIpc) is 3.08. The lowest BCUT2D eigenvalue weighted by Gasteiger charge is -2.16. The number of anilines is 2. The van der Waals surface area contributed by atoms with E-state index in [9.17, 15) is 17.6 Å². The van der Waals surface area contributed by atoms with Gasteiger partial charge in [0.25, 0.3) is 5.91 Å². The Kier molecular flexibility index (Phi) is 5.82. The summed E-state index contributed by atoms with van der Waals surface area (Å²) < 4.78 is 37.9. The molecule has 6 nitrogen and oxygen atoms in total. The molecule has 0 bridgehead atoms. The molecular weight excluding hydrogens is 469 g/mol. The summed E-state index contributed by atoms with van der Waals surface area (Å²) in [5, 5.41) is 4.87. The predicted octanol–water partition coefficient (Wildman–Crippen LogP) is 4.36. The van der Waals surface area contributed by atoms with Crippen molar-refractivity contribution in [1.29, 1.82) is 0 Å². The molecule has 0 radical (unpaired) electrons. The molecule has 0 fully saturated rings. The van der Waals surface area contributed by atoms with Gasteiger partial charge in [0.1, 0.15) is 5.82 Å². The van der Waals surface area contributed by atoms with Crippen LogP contribution in [0.1, 0.15) is 10.4 Å². The highest BCUT2D eigenvalue weighted by molar-refractivity contribution is 9.10. The highest BCUT2D eigenvalue weighted by Gasteiger charge is 2.15. The lowest BCUT2D eigenvalue weighted by Crippen LogP contribution is -2.24. The Morgan fingerprint density at radius 3 is 2.50 bits per heavy atom. The molecule has 0 aliphatic carbocycles. The predicted molar refractivity (Wildman–Crippen MR) is 113 cm³/mol. The normalized spacial score (nSPS) is 11.3. The number of sulfonamides is 1. The minimum Gasteiger partial charge on any atom is -0.298 e. The van der Waals surface area contributed by atoms with Gasteiger partial charge < -0.3 is 0 Å². The fourth-order valence-electron chi connectivity index (χ4n) is 2.34. The second-order valence-electron chi connectivity index (χ2n) is 5.89. The number of rotatable bonds is 5. The van der Waals surface area contributed by atoms with Gasteiger partial charge in [-0.15, -0.1) is 11.3 Å². The summed E-state index contributed by atoms with van der Waals surface area (Å²) in [6.07, 6.45) is 1.13. The third-order valence-corrected chi connectivity index (χ3v) is 6.54. The summed E-state index contributed by atoms with van der Waals surface area (Å²) in [4.78, 5) is 16.7. The van der Waals surface area contributed by atoms with Crippen molar-refractivity contribution in [2.75, 3.05) is 22.9 Å². The molecule has 0 saturated heterocycles. The van der Waals surface area contributed by atoms with Crippen LogP contribution in [0.25, 0.3) is 11.3 Å². The highest BCUT2D eigenvalue weighted by atomic mass is 79.9. The maximum Gasteiger partial charge on any atom is 0.258 e. The van der Waals surface area contributed by atoms with Gasteiger partial charge in [0, 0.05) is 22.5 Å². The molecule has 1 aromatic heterocycles. The molecule has 0 unspecified atom stereocenters. The van der Waals surface area contributed by atoms with E-state index in [4.69, 9.17) is 0 Å². The fourth-order valence-corrected chi connectivity index (χ4v) is 4.09. The standard InChI is InChI=1S/C18H15BrFN3O3S2/c1-23(28(2,25)26)13-6-3-11(4-7-13)16-10-27-18(21-16)22-17(24)14-8-5-12(20)9-15(14)19/h3-10H,1-2H3,(H,21,22,24). The number of hydrogen-bond donors (Lipinski definition) is 1. The lowest BCUT2D eigenvalue weighted by molar-refractivity contribution is 0.102. The van der Waals surface area contributed by atoms with E-state index < -0.39 is 21.7 Å². The zero-order valence-corrected chi connectivity index (χ0v) is 18.0. The topological polar surface area (TPSA) is 79.4 Å². The third-order valence-electron chi connectivity index (χ3n) is 3.92. The van der Waals surface area contributed by atoms with Crippen LogP contribution in [0.5, 0.6) is 0 Å². The van der Waals surface area contributed by atoms with Gasteiger partial charge in [0.05, 0.1) is 23.2 Å². The minimum absolute atomic E-state index is 0.298. The zero-order valence-electron chi connectivity index (χ0n) is 14.8. The van der Waals surface area contributed by atoms with Crippen LogP contribution in [0.15, 0.2) is 52.3 Å².